The average Bonchev–Trinajstić information content (AvgIpc) is 3.36. The van der Waals surface area contributed by atoms with Gasteiger partial charge in [0.2, 0.25) is 5.82 Å². The summed E-state index contributed by atoms with van der Waals surface area (Å²) >= 11 is 0. The minimum atomic E-state index is -0.0947. The zero-order valence-corrected chi connectivity index (χ0v) is 13.3. The summed E-state index contributed by atoms with van der Waals surface area (Å²) in [5.74, 6) is 0.985. The van der Waals surface area contributed by atoms with Crippen molar-refractivity contribution in [3.05, 3.63) is 24.3 Å². The zero-order valence-electron chi connectivity index (χ0n) is 13.3. The fraction of sp³-hybridized carbons (Fsp3) is 0.706. The van der Waals surface area contributed by atoms with E-state index in [-0.39, 0.29) is 23.4 Å². The van der Waals surface area contributed by atoms with Gasteiger partial charge in [0.1, 0.15) is 0 Å². The molecule has 23 heavy (non-hydrogen) atoms. The molecule has 3 heterocycles. The molecule has 1 aliphatic carbocycles. The Morgan fingerprint density at radius 1 is 1.30 bits per heavy atom. The maximum Gasteiger partial charge on any atom is 0.291 e. The standard InChI is InChI=1S/C17H23N3O3/c21-16(15-18-6-1-7-19-15)20-8-4-17(5-9-20)10-14(12-23-17)22-11-13-2-3-13/h1,6-7,13-14H,2-5,8-12H2/t14-/m0/s1. The monoisotopic (exact) mass is 317 g/mol. The van der Waals surface area contributed by atoms with Gasteiger partial charge in [-0.05, 0) is 37.7 Å². The van der Waals surface area contributed by atoms with Crippen LogP contribution in [0.15, 0.2) is 18.5 Å². The van der Waals surface area contributed by atoms with E-state index in [2.05, 4.69) is 9.97 Å². The number of carbonyl (C=O) groups excluding carboxylic acids is 1. The molecule has 1 atom stereocenters. The Hall–Kier alpha value is -1.53. The first-order valence-electron chi connectivity index (χ1n) is 8.56. The minimum absolute atomic E-state index is 0.0834. The first kappa shape index (κ1) is 15.0. The quantitative estimate of drug-likeness (QED) is 0.845. The van der Waals surface area contributed by atoms with Crippen LogP contribution in [0.5, 0.6) is 0 Å². The molecule has 1 spiro atoms. The van der Waals surface area contributed by atoms with Crippen molar-refractivity contribution in [3.63, 3.8) is 0 Å². The molecule has 1 saturated carbocycles. The molecular formula is C17H23N3O3. The fourth-order valence-electron chi connectivity index (χ4n) is 3.48. The van der Waals surface area contributed by atoms with E-state index in [4.69, 9.17) is 9.47 Å². The number of aromatic nitrogens is 2. The second kappa shape index (κ2) is 6.17. The third-order valence-corrected chi connectivity index (χ3v) is 5.16. The highest BCUT2D eigenvalue weighted by Crippen LogP contribution is 2.38. The summed E-state index contributed by atoms with van der Waals surface area (Å²) in [5.41, 5.74) is -0.0947. The van der Waals surface area contributed by atoms with Crippen molar-refractivity contribution >= 4 is 5.91 Å². The number of hydrogen-bond donors (Lipinski definition) is 0. The summed E-state index contributed by atoms with van der Waals surface area (Å²) in [7, 11) is 0. The van der Waals surface area contributed by atoms with Crippen LogP contribution in [0.3, 0.4) is 0 Å². The molecule has 0 bridgehead atoms. The van der Waals surface area contributed by atoms with Crippen LogP contribution in [0.1, 0.15) is 42.7 Å². The van der Waals surface area contributed by atoms with Crippen LogP contribution < -0.4 is 0 Å². The van der Waals surface area contributed by atoms with Crippen molar-refractivity contribution in [1.82, 2.24) is 14.9 Å². The van der Waals surface area contributed by atoms with Gasteiger partial charge >= 0.3 is 0 Å². The molecule has 1 aromatic rings. The average molecular weight is 317 g/mol. The van der Waals surface area contributed by atoms with Gasteiger partial charge in [-0.3, -0.25) is 4.79 Å². The summed E-state index contributed by atoms with van der Waals surface area (Å²) in [6.45, 7) is 2.99. The molecule has 3 aliphatic rings. The van der Waals surface area contributed by atoms with Gasteiger partial charge in [0, 0.05) is 38.5 Å². The zero-order chi connectivity index (χ0) is 15.7. The molecule has 6 nitrogen and oxygen atoms in total. The van der Waals surface area contributed by atoms with Gasteiger partial charge < -0.3 is 14.4 Å². The highest BCUT2D eigenvalue weighted by molar-refractivity contribution is 5.90. The Morgan fingerprint density at radius 2 is 2.04 bits per heavy atom. The molecule has 0 unspecified atom stereocenters. The summed E-state index contributed by atoms with van der Waals surface area (Å²) in [4.78, 5) is 22.3. The highest BCUT2D eigenvalue weighted by atomic mass is 16.6. The van der Waals surface area contributed by atoms with E-state index in [1.165, 1.54) is 12.8 Å². The predicted molar refractivity (Wildman–Crippen MR) is 82.9 cm³/mol. The first-order chi connectivity index (χ1) is 11.2. The molecule has 0 radical (unpaired) electrons. The van der Waals surface area contributed by atoms with Crippen molar-refractivity contribution in [1.29, 1.82) is 0 Å². The van der Waals surface area contributed by atoms with Crippen molar-refractivity contribution in [2.45, 2.75) is 43.8 Å². The Morgan fingerprint density at radius 3 is 2.74 bits per heavy atom. The number of amides is 1. The van der Waals surface area contributed by atoms with Crippen molar-refractivity contribution < 1.29 is 14.3 Å². The van der Waals surface area contributed by atoms with E-state index in [1.54, 1.807) is 18.5 Å². The van der Waals surface area contributed by atoms with Gasteiger partial charge in [0.25, 0.3) is 5.91 Å². The van der Waals surface area contributed by atoms with E-state index in [0.717, 1.165) is 31.8 Å². The van der Waals surface area contributed by atoms with Crippen LogP contribution in [0.2, 0.25) is 0 Å². The molecular weight excluding hydrogens is 294 g/mol. The van der Waals surface area contributed by atoms with Crippen LogP contribution in [0.4, 0.5) is 0 Å². The van der Waals surface area contributed by atoms with E-state index in [1.807, 2.05) is 4.90 Å². The second-order valence-electron chi connectivity index (χ2n) is 6.96. The predicted octanol–water partition coefficient (Wildman–Crippen LogP) is 1.67. The number of rotatable bonds is 4. The van der Waals surface area contributed by atoms with Crippen LogP contribution in [0, 0.1) is 5.92 Å². The first-order valence-corrected chi connectivity index (χ1v) is 8.56. The third-order valence-electron chi connectivity index (χ3n) is 5.16. The lowest BCUT2D eigenvalue weighted by Crippen LogP contribution is -2.47. The van der Waals surface area contributed by atoms with E-state index < -0.39 is 0 Å². The molecule has 2 aliphatic heterocycles. The van der Waals surface area contributed by atoms with Gasteiger partial charge in [-0.2, -0.15) is 0 Å². The van der Waals surface area contributed by atoms with Gasteiger partial charge in [0.15, 0.2) is 0 Å². The Labute approximate surface area is 136 Å². The summed E-state index contributed by atoms with van der Waals surface area (Å²) in [6, 6.07) is 1.72. The maximum atomic E-state index is 12.4. The number of nitrogens with zero attached hydrogens (tertiary/aromatic N) is 3. The molecule has 3 fully saturated rings. The van der Waals surface area contributed by atoms with Crippen LogP contribution in [-0.4, -0.2) is 58.8 Å². The number of ether oxygens (including phenoxy) is 2. The number of hydrogen-bond acceptors (Lipinski definition) is 5. The SMILES string of the molecule is O=C(c1ncccn1)N1CCC2(CC1)C[C@H](OCC1CC1)CO2. The van der Waals surface area contributed by atoms with E-state index >= 15 is 0 Å². The molecule has 1 amide bonds. The highest BCUT2D eigenvalue weighted by Gasteiger charge is 2.44. The van der Waals surface area contributed by atoms with Gasteiger partial charge in [0.05, 0.1) is 18.3 Å². The Bertz CT molecular complexity index is 553. The molecule has 124 valence electrons. The van der Waals surface area contributed by atoms with Crippen LogP contribution >= 0.6 is 0 Å². The van der Waals surface area contributed by atoms with Crippen molar-refractivity contribution in [2.24, 2.45) is 5.92 Å². The lowest BCUT2D eigenvalue weighted by molar-refractivity contribution is -0.0412. The Kier molecular flexibility index (Phi) is 4.03. The largest absolute Gasteiger partial charge is 0.375 e. The number of carbonyl (C=O) groups is 1. The molecule has 6 heteroatoms. The normalized spacial score (nSPS) is 26.6. The molecule has 2 saturated heterocycles. The second-order valence-corrected chi connectivity index (χ2v) is 6.96. The third kappa shape index (κ3) is 3.38. The van der Waals surface area contributed by atoms with E-state index in [0.29, 0.717) is 19.7 Å². The molecule has 4 rings (SSSR count). The summed E-state index contributed by atoms with van der Waals surface area (Å²) < 4.78 is 12.1. The van der Waals surface area contributed by atoms with Crippen molar-refractivity contribution in [2.75, 3.05) is 26.3 Å². The lowest BCUT2D eigenvalue weighted by Gasteiger charge is -2.38. The number of likely N-dealkylation sites (tertiary alicyclic amines) is 1. The fourth-order valence-corrected chi connectivity index (χ4v) is 3.48. The summed E-state index contributed by atoms with van der Waals surface area (Å²) in [5, 5.41) is 0. The van der Waals surface area contributed by atoms with E-state index in [9.17, 15) is 4.79 Å². The van der Waals surface area contributed by atoms with Gasteiger partial charge in [-0.25, -0.2) is 9.97 Å². The minimum Gasteiger partial charge on any atom is -0.375 e. The Balaban J connectivity index is 1.29. The van der Waals surface area contributed by atoms with Crippen LogP contribution in [-0.2, 0) is 9.47 Å². The van der Waals surface area contributed by atoms with Gasteiger partial charge in [-0.1, -0.05) is 0 Å². The van der Waals surface area contributed by atoms with Crippen molar-refractivity contribution in [3.8, 4) is 0 Å². The maximum absolute atomic E-state index is 12.4. The van der Waals surface area contributed by atoms with Gasteiger partial charge in [-0.15, -0.1) is 0 Å². The summed E-state index contributed by atoms with van der Waals surface area (Å²) in [6.07, 6.45) is 8.78. The molecule has 1 aromatic heterocycles. The number of piperidine rings is 1. The smallest absolute Gasteiger partial charge is 0.291 e. The topological polar surface area (TPSA) is 64.6 Å². The van der Waals surface area contributed by atoms with Crippen LogP contribution in [0.25, 0.3) is 0 Å². The molecule has 0 aromatic carbocycles. The molecule has 0 N–H and O–H groups in total. The lowest BCUT2D eigenvalue weighted by atomic mass is 9.88.